The number of H-pyrrole nitrogens is 1. The second kappa shape index (κ2) is 9.40. The van der Waals surface area contributed by atoms with Crippen molar-refractivity contribution in [1.82, 2.24) is 20.5 Å². The van der Waals surface area contributed by atoms with Crippen molar-refractivity contribution in [3.05, 3.63) is 29.7 Å². The summed E-state index contributed by atoms with van der Waals surface area (Å²) in [5, 5.41) is 6.38. The number of carbonyl (C=O) groups excluding carboxylic acids is 3. The molecule has 5 rings (SSSR count). The van der Waals surface area contributed by atoms with Gasteiger partial charge in [0.25, 0.3) is 5.91 Å². The van der Waals surface area contributed by atoms with E-state index in [-0.39, 0.29) is 52.2 Å². The molecule has 1 saturated carbocycles. The van der Waals surface area contributed by atoms with Crippen molar-refractivity contribution in [3.63, 3.8) is 0 Å². The number of nitrogens with one attached hydrogen (secondary N) is 3. The van der Waals surface area contributed by atoms with Crippen LogP contribution >= 0.6 is 0 Å². The number of terminal acetylenes is 1. The fraction of sp³-hybridized carbons (Fsp3) is 0.536. The number of hydrogen-bond acceptors (Lipinski definition) is 4. The molecule has 3 amide bonds. The SMILES string of the molecule is C#C[C@H](C[C@@H]1CC(C)(C)NC1=O)NC(=O)[C@@H]1[C@H]2CCC[C@H]2CN1C(=O)c1cc2c(OC)ccc(F)c2[nH]1. The van der Waals surface area contributed by atoms with Gasteiger partial charge in [-0.3, -0.25) is 14.4 Å². The number of likely N-dealkylation sites (tertiary alicyclic amines) is 1. The fourth-order valence-corrected chi connectivity index (χ4v) is 6.55. The van der Waals surface area contributed by atoms with Crippen LogP contribution in [-0.2, 0) is 9.59 Å². The minimum absolute atomic E-state index is 0.0340. The number of methoxy groups -OCH3 is 1. The van der Waals surface area contributed by atoms with Crippen LogP contribution in [0.25, 0.3) is 10.9 Å². The van der Waals surface area contributed by atoms with Crippen LogP contribution in [-0.4, -0.2) is 58.9 Å². The van der Waals surface area contributed by atoms with Gasteiger partial charge in [-0.15, -0.1) is 6.42 Å². The average molecular weight is 509 g/mol. The molecule has 2 aliphatic heterocycles. The fourth-order valence-electron chi connectivity index (χ4n) is 6.55. The van der Waals surface area contributed by atoms with Crippen molar-refractivity contribution >= 4 is 28.6 Å². The maximum atomic E-state index is 14.5. The molecule has 37 heavy (non-hydrogen) atoms. The van der Waals surface area contributed by atoms with Crippen LogP contribution in [0.3, 0.4) is 0 Å². The molecule has 2 saturated heterocycles. The minimum Gasteiger partial charge on any atom is -0.496 e. The quantitative estimate of drug-likeness (QED) is 0.522. The van der Waals surface area contributed by atoms with Crippen LogP contribution in [0, 0.1) is 35.9 Å². The number of halogens is 1. The predicted octanol–water partition coefficient (Wildman–Crippen LogP) is 2.98. The molecule has 8 nitrogen and oxygen atoms in total. The van der Waals surface area contributed by atoms with Crippen LogP contribution in [0.2, 0.25) is 0 Å². The first-order valence-electron chi connectivity index (χ1n) is 12.9. The second-order valence-electron chi connectivity index (χ2n) is 11.2. The van der Waals surface area contributed by atoms with Crippen LogP contribution in [0.5, 0.6) is 5.75 Å². The molecule has 0 spiro atoms. The summed E-state index contributed by atoms with van der Waals surface area (Å²) < 4.78 is 19.8. The molecule has 5 atom stereocenters. The summed E-state index contributed by atoms with van der Waals surface area (Å²) in [6.45, 7) is 4.38. The molecule has 2 aromatic rings. The van der Waals surface area contributed by atoms with Gasteiger partial charge in [0.1, 0.15) is 23.3 Å². The second-order valence-corrected chi connectivity index (χ2v) is 11.2. The van der Waals surface area contributed by atoms with Gasteiger partial charge >= 0.3 is 0 Å². The Hall–Kier alpha value is -3.54. The van der Waals surface area contributed by atoms with Crippen molar-refractivity contribution < 1.29 is 23.5 Å². The molecule has 1 aromatic heterocycles. The van der Waals surface area contributed by atoms with Gasteiger partial charge in [-0.25, -0.2) is 4.39 Å². The number of aromatic nitrogens is 1. The molecule has 1 aromatic carbocycles. The summed E-state index contributed by atoms with van der Waals surface area (Å²) in [7, 11) is 1.49. The van der Waals surface area contributed by atoms with Crippen molar-refractivity contribution in [2.75, 3.05) is 13.7 Å². The van der Waals surface area contributed by atoms with Crippen LogP contribution in [0.1, 0.15) is 56.4 Å². The van der Waals surface area contributed by atoms with E-state index < -0.39 is 17.9 Å². The Kier molecular flexibility index (Phi) is 6.38. The van der Waals surface area contributed by atoms with E-state index in [0.29, 0.717) is 30.5 Å². The van der Waals surface area contributed by atoms with Crippen LogP contribution in [0.15, 0.2) is 18.2 Å². The summed E-state index contributed by atoms with van der Waals surface area (Å²) in [5.41, 5.74) is 0.0843. The maximum Gasteiger partial charge on any atom is 0.271 e. The number of rotatable bonds is 6. The summed E-state index contributed by atoms with van der Waals surface area (Å²) in [6, 6.07) is 3.08. The molecular weight excluding hydrogens is 475 g/mol. The van der Waals surface area contributed by atoms with Crippen LogP contribution < -0.4 is 15.4 Å². The zero-order valence-electron chi connectivity index (χ0n) is 21.4. The molecule has 3 N–H and O–H groups in total. The number of amides is 3. The Bertz CT molecular complexity index is 1300. The van der Waals surface area contributed by atoms with Gasteiger partial charge in [-0.1, -0.05) is 12.3 Å². The molecule has 0 unspecified atom stereocenters. The summed E-state index contributed by atoms with van der Waals surface area (Å²) in [6.07, 6.45) is 9.54. The highest BCUT2D eigenvalue weighted by Crippen LogP contribution is 2.43. The van der Waals surface area contributed by atoms with E-state index in [2.05, 4.69) is 21.5 Å². The number of aromatic amines is 1. The normalized spacial score (nSPS) is 27.0. The van der Waals surface area contributed by atoms with Gasteiger partial charge in [0, 0.05) is 23.4 Å². The Morgan fingerprint density at radius 2 is 2.14 bits per heavy atom. The van der Waals surface area contributed by atoms with Gasteiger partial charge in [-0.05, 0) is 69.6 Å². The molecule has 1 aliphatic carbocycles. The zero-order valence-corrected chi connectivity index (χ0v) is 21.4. The third-order valence-corrected chi connectivity index (χ3v) is 8.20. The molecule has 196 valence electrons. The lowest BCUT2D eigenvalue weighted by Crippen LogP contribution is -2.51. The first-order chi connectivity index (χ1) is 17.6. The Labute approximate surface area is 215 Å². The number of benzene rings is 1. The molecule has 9 heteroatoms. The minimum atomic E-state index is -0.678. The van der Waals surface area contributed by atoms with E-state index in [1.807, 2.05) is 13.8 Å². The van der Waals surface area contributed by atoms with E-state index in [1.165, 1.54) is 19.2 Å². The third-order valence-electron chi connectivity index (χ3n) is 8.20. The number of carbonyl (C=O) groups is 3. The average Bonchev–Trinajstić information content (AvgIpc) is 3.60. The summed E-state index contributed by atoms with van der Waals surface area (Å²) >= 11 is 0. The highest BCUT2D eigenvalue weighted by molar-refractivity contribution is 6.02. The Morgan fingerprint density at radius 1 is 1.35 bits per heavy atom. The molecule has 3 heterocycles. The molecule has 0 bridgehead atoms. The van der Waals surface area contributed by atoms with E-state index in [9.17, 15) is 18.8 Å². The largest absolute Gasteiger partial charge is 0.496 e. The van der Waals surface area contributed by atoms with Gasteiger partial charge < -0.3 is 25.3 Å². The summed E-state index contributed by atoms with van der Waals surface area (Å²) in [4.78, 5) is 44.2. The van der Waals surface area contributed by atoms with Gasteiger partial charge in [0.2, 0.25) is 11.8 Å². The van der Waals surface area contributed by atoms with Gasteiger partial charge in [0.15, 0.2) is 0 Å². The number of nitrogens with zero attached hydrogens (tertiary/aromatic N) is 1. The van der Waals surface area contributed by atoms with Crippen molar-refractivity contribution in [2.45, 2.75) is 63.6 Å². The highest BCUT2D eigenvalue weighted by Gasteiger charge is 2.50. The van der Waals surface area contributed by atoms with Crippen molar-refractivity contribution in [3.8, 4) is 18.1 Å². The third kappa shape index (κ3) is 4.54. The Morgan fingerprint density at radius 3 is 2.81 bits per heavy atom. The summed E-state index contributed by atoms with van der Waals surface area (Å²) in [5.74, 6) is 1.84. The lowest BCUT2D eigenvalue weighted by atomic mass is 9.91. The van der Waals surface area contributed by atoms with E-state index >= 15 is 0 Å². The van der Waals surface area contributed by atoms with E-state index in [4.69, 9.17) is 11.2 Å². The first-order valence-corrected chi connectivity index (χ1v) is 12.9. The van der Waals surface area contributed by atoms with Crippen molar-refractivity contribution in [1.29, 1.82) is 0 Å². The predicted molar refractivity (Wildman–Crippen MR) is 136 cm³/mol. The number of fused-ring (bicyclic) bond motifs is 2. The molecule has 3 aliphatic rings. The number of ether oxygens (including phenoxy) is 1. The van der Waals surface area contributed by atoms with E-state index in [0.717, 1.165) is 19.3 Å². The smallest absolute Gasteiger partial charge is 0.271 e. The van der Waals surface area contributed by atoms with Crippen LogP contribution in [0.4, 0.5) is 4.39 Å². The first kappa shape index (κ1) is 25.1. The van der Waals surface area contributed by atoms with E-state index in [1.54, 1.807) is 11.0 Å². The lowest BCUT2D eigenvalue weighted by Gasteiger charge is -2.28. The maximum absolute atomic E-state index is 14.5. The monoisotopic (exact) mass is 508 g/mol. The standard InChI is InChI=1S/C28H33FN4O4/c1-5-17(11-16-13-28(2,3)32-25(16)34)30-26(35)24-18-8-6-7-15(18)14-33(24)27(36)21-12-19-22(37-4)10-9-20(29)23(19)31-21/h1,9-10,12,15-18,24,31H,6-8,11,13-14H2,2-4H3,(H,30,35)(H,32,34)/t15-,16+,17+,18-,24-/m0/s1. The Balaban J connectivity index is 1.37. The molecular formula is C28H33FN4O4. The lowest BCUT2D eigenvalue weighted by molar-refractivity contribution is -0.127. The highest BCUT2D eigenvalue weighted by atomic mass is 19.1. The van der Waals surface area contributed by atoms with Crippen molar-refractivity contribution in [2.24, 2.45) is 17.8 Å². The number of hydrogen-bond donors (Lipinski definition) is 3. The van der Waals surface area contributed by atoms with Gasteiger partial charge in [0.05, 0.1) is 18.7 Å². The molecule has 0 radical (unpaired) electrons. The van der Waals surface area contributed by atoms with Gasteiger partial charge in [-0.2, -0.15) is 0 Å². The topological polar surface area (TPSA) is 104 Å². The zero-order chi connectivity index (χ0) is 26.5. The molecule has 3 fully saturated rings.